The Balaban J connectivity index is 2.09. The third-order valence-electron chi connectivity index (χ3n) is 3.20. The monoisotopic (exact) mass is 317 g/mol. The quantitative estimate of drug-likeness (QED) is 0.420. The summed E-state index contributed by atoms with van der Waals surface area (Å²) in [7, 11) is -3.48. The number of nitrogens with one attached hydrogen (secondary N) is 1. The molecule has 0 heterocycles. The molecule has 6 nitrogen and oxygen atoms in total. The fourth-order valence-corrected chi connectivity index (χ4v) is 2.45. The molecule has 2 atom stereocenters. The van der Waals surface area contributed by atoms with E-state index in [4.69, 9.17) is 9.42 Å². The minimum absolute atomic E-state index is 0.0331. The van der Waals surface area contributed by atoms with Gasteiger partial charge in [-0.1, -0.05) is 24.6 Å². The van der Waals surface area contributed by atoms with Crippen LogP contribution in [0.15, 0.2) is 23.8 Å². The zero-order chi connectivity index (χ0) is 15.7. The Morgan fingerprint density at radius 3 is 2.86 bits per heavy atom. The topological polar surface area (TPSA) is 95.9 Å². The van der Waals surface area contributed by atoms with Crippen molar-refractivity contribution >= 4 is 13.5 Å². The molecular formula is C14H24NO5P. The van der Waals surface area contributed by atoms with Crippen LogP contribution in [0.5, 0.6) is 0 Å². The van der Waals surface area contributed by atoms with E-state index < -0.39 is 7.60 Å². The van der Waals surface area contributed by atoms with Crippen LogP contribution >= 0.6 is 7.60 Å². The number of rotatable bonds is 10. The summed E-state index contributed by atoms with van der Waals surface area (Å²) in [6, 6.07) is 0. The summed E-state index contributed by atoms with van der Waals surface area (Å²) in [5.41, 5.74) is 0.776. The lowest BCUT2D eigenvalue weighted by Crippen LogP contribution is -2.25. The zero-order valence-corrected chi connectivity index (χ0v) is 13.2. The Kier molecular flexibility index (Phi) is 7.89. The van der Waals surface area contributed by atoms with Crippen molar-refractivity contribution in [1.82, 2.24) is 5.32 Å². The third kappa shape index (κ3) is 8.17. The van der Waals surface area contributed by atoms with Gasteiger partial charge in [-0.2, -0.15) is 0 Å². The van der Waals surface area contributed by atoms with Gasteiger partial charge in [0, 0.05) is 31.3 Å². The Bertz CT molecular complexity index is 441. The summed E-state index contributed by atoms with van der Waals surface area (Å²) in [4.78, 5) is 20.7. The zero-order valence-electron chi connectivity index (χ0n) is 12.3. The Labute approximate surface area is 125 Å². The maximum Gasteiger partial charge on any atom is 0.325 e. The molecule has 3 N–H and O–H groups in total. The van der Waals surface area contributed by atoms with Gasteiger partial charge < -0.3 is 19.8 Å². The van der Waals surface area contributed by atoms with Gasteiger partial charge in [-0.25, -0.2) is 0 Å². The van der Waals surface area contributed by atoms with E-state index in [-0.39, 0.29) is 25.0 Å². The van der Waals surface area contributed by atoms with Crippen molar-refractivity contribution < 1.29 is 23.9 Å². The highest BCUT2D eigenvalue weighted by Crippen LogP contribution is 2.37. The van der Waals surface area contributed by atoms with Crippen molar-refractivity contribution in [3.8, 4) is 0 Å². The van der Waals surface area contributed by atoms with Gasteiger partial charge in [0.15, 0.2) is 0 Å². The molecule has 0 saturated heterocycles. The molecular weight excluding hydrogens is 293 g/mol. The largest absolute Gasteiger partial charge is 0.396 e. The Hall–Kier alpha value is -0.940. The van der Waals surface area contributed by atoms with Crippen LogP contribution < -0.4 is 5.32 Å². The molecule has 0 aliphatic heterocycles. The number of unbranched alkanes of at least 4 members (excludes halogenated alkanes) is 1. The lowest BCUT2D eigenvalue weighted by molar-refractivity contribution is -0.117. The first-order chi connectivity index (χ1) is 9.92. The second-order valence-corrected chi connectivity index (χ2v) is 7.09. The molecule has 7 heteroatoms. The number of hydrogen-bond acceptors (Lipinski definition) is 4. The Morgan fingerprint density at radius 2 is 2.29 bits per heavy atom. The van der Waals surface area contributed by atoms with Crippen molar-refractivity contribution in [2.45, 2.75) is 25.7 Å². The number of hydrogen-bond donors (Lipinski definition) is 3. The van der Waals surface area contributed by atoms with E-state index >= 15 is 0 Å². The number of amides is 1. The minimum Gasteiger partial charge on any atom is -0.396 e. The van der Waals surface area contributed by atoms with E-state index in [9.17, 15) is 14.5 Å². The van der Waals surface area contributed by atoms with Crippen molar-refractivity contribution in [2.24, 2.45) is 5.92 Å². The molecule has 0 radical (unpaired) electrons. The van der Waals surface area contributed by atoms with Gasteiger partial charge in [0.1, 0.15) is 0 Å². The maximum absolute atomic E-state index is 11.7. The van der Waals surface area contributed by atoms with E-state index in [1.54, 1.807) is 0 Å². The first kappa shape index (κ1) is 18.1. The first-order valence-corrected chi connectivity index (χ1v) is 9.14. The summed E-state index contributed by atoms with van der Waals surface area (Å²) < 4.78 is 15.8. The minimum atomic E-state index is -3.48. The second-order valence-electron chi connectivity index (χ2n) is 5.22. The number of aliphatic hydroxyl groups excluding tert-OH is 1. The van der Waals surface area contributed by atoms with Crippen LogP contribution in [0.4, 0.5) is 0 Å². The van der Waals surface area contributed by atoms with Crippen LogP contribution in [0.2, 0.25) is 0 Å². The van der Waals surface area contributed by atoms with Crippen LogP contribution in [0.1, 0.15) is 25.7 Å². The van der Waals surface area contributed by atoms with Crippen LogP contribution in [-0.2, 0) is 13.9 Å². The van der Waals surface area contributed by atoms with E-state index in [2.05, 4.69) is 5.32 Å². The smallest absolute Gasteiger partial charge is 0.325 e. The predicted octanol–water partition coefficient (Wildman–Crippen LogP) is 1.60. The molecule has 0 aromatic rings. The molecule has 0 aromatic heterocycles. The van der Waals surface area contributed by atoms with Crippen LogP contribution in [0.25, 0.3) is 0 Å². The second kappa shape index (κ2) is 9.15. The molecule has 0 spiro atoms. The van der Waals surface area contributed by atoms with Gasteiger partial charge in [-0.15, -0.1) is 0 Å². The van der Waals surface area contributed by atoms with Crippen molar-refractivity contribution in [2.75, 3.05) is 26.4 Å². The van der Waals surface area contributed by atoms with Gasteiger partial charge in [0.2, 0.25) is 5.91 Å². The number of allylic oxidation sites excluding steroid dienone is 3. The SMILES string of the molecule is CP(=O)(O)OCC(CO)CCCCNC(=O)C1=CC=CC1. The van der Waals surface area contributed by atoms with E-state index in [0.29, 0.717) is 19.4 Å². The molecule has 120 valence electrons. The van der Waals surface area contributed by atoms with Crippen LogP contribution in [-0.4, -0.2) is 42.3 Å². The summed E-state index contributed by atoms with van der Waals surface area (Å²) in [6.07, 6.45) is 8.61. The molecule has 0 bridgehead atoms. The van der Waals surface area contributed by atoms with Crippen molar-refractivity contribution in [3.05, 3.63) is 23.8 Å². The Morgan fingerprint density at radius 1 is 1.52 bits per heavy atom. The highest BCUT2D eigenvalue weighted by atomic mass is 31.2. The summed E-state index contributed by atoms with van der Waals surface area (Å²) >= 11 is 0. The molecule has 1 aliphatic rings. The molecule has 1 rings (SSSR count). The first-order valence-electron chi connectivity index (χ1n) is 7.12. The molecule has 0 aromatic carbocycles. The van der Waals surface area contributed by atoms with E-state index in [0.717, 1.165) is 25.1 Å². The summed E-state index contributed by atoms with van der Waals surface area (Å²) in [6.45, 7) is 1.71. The van der Waals surface area contributed by atoms with Crippen LogP contribution in [0.3, 0.4) is 0 Å². The average Bonchev–Trinajstić information content (AvgIpc) is 2.94. The number of carbonyl (C=O) groups excluding carboxylic acids is 1. The predicted molar refractivity (Wildman–Crippen MR) is 81.0 cm³/mol. The molecule has 1 amide bonds. The van der Waals surface area contributed by atoms with Gasteiger partial charge in [0.05, 0.1) is 6.61 Å². The fraction of sp³-hybridized carbons (Fsp3) is 0.643. The van der Waals surface area contributed by atoms with Crippen molar-refractivity contribution in [1.29, 1.82) is 0 Å². The fourth-order valence-electron chi connectivity index (χ4n) is 1.96. The molecule has 0 fully saturated rings. The van der Waals surface area contributed by atoms with Gasteiger partial charge >= 0.3 is 7.60 Å². The highest BCUT2D eigenvalue weighted by molar-refractivity contribution is 7.51. The summed E-state index contributed by atoms with van der Waals surface area (Å²) in [5, 5.41) is 12.0. The van der Waals surface area contributed by atoms with E-state index in [1.807, 2.05) is 18.2 Å². The summed E-state index contributed by atoms with van der Waals surface area (Å²) in [5.74, 6) is -0.183. The van der Waals surface area contributed by atoms with E-state index in [1.165, 1.54) is 0 Å². The molecule has 21 heavy (non-hydrogen) atoms. The molecule has 2 unspecified atom stereocenters. The lowest BCUT2D eigenvalue weighted by Gasteiger charge is -2.15. The number of carbonyl (C=O) groups is 1. The lowest BCUT2D eigenvalue weighted by atomic mass is 10.0. The molecule has 1 aliphatic carbocycles. The normalized spacial score (nSPS) is 18.1. The van der Waals surface area contributed by atoms with Gasteiger partial charge in [0.25, 0.3) is 0 Å². The van der Waals surface area contributed by atoms with Crippen molar-refractivity contribution in [3.63, 3.8) is 0 Å². The standard InChI is InChI=1S/C14H24NO5P/c1-21(18,19)20-11-12(10-16)6-4-5-9-15-14(17)13-7-2-3-8-13/h2-3,7,12,16H,4-6,8-11H2,1H3,(H,15,17)(H,18,19). The number of aliphatic hydroxyl groups is 1. The van der Waals surface area contributed by atoms with Gasteiger partial charge in [-0.05, 0) is 19.3 Å². The molecule has 0 saturated carbocycles. The van der Waals surface area contributed by atoms with Crippen LogP contribution in [0, 0.1) is 5.92 Å². The van der Waals surface area contributed by atoms with Gasteiger partial charge in [-0.3, -0.25) is 9.36 Å². The highest BCUT2D eigenvalue weighted by Gasteiger charge is 2.15. The third-order valence-corrected chi connectivity index (χ3v) is 3.82. The maximum atomic E-state index is 11.7. The average molecular weight is 317 g/mol.